The molecule has 0 bridgehead atoms. The highest BCUT2D eigenvalue weighted by atomic mass is 16.2. The van der Waals surface area contributed by atoms with Crippen LogP contribution in [0.15, 0.2) is 35.9 Å². The summed E-state index contributed by atoms with van der Waals surface area (Å²) in [5.41, 5.74) is 2.73. The number of nitrogens with one attached hydrogen (secondary N) is 2. The number of amides is 3. The van der Waals surface area contributed by atoms with Crippen LogP contribution in [0.4, 0.5) is 11.4 Å². The molecule has 0 atom stereocenters. The second-order valence-electron chi connectivity index (χ2n) is 6.75. The maximum Gasteiger partial charge on any atom is 0.244 e. The predicted molar refractivity (Wildman–Crippen MR) is 101 cm³/mol. The van der Waals surface area contributed by atoms with Gasteiger partial charge in [-0.15, -0.1) is 0 Å². The van der Waals surface area contributed by atoms with E-state index in [9.17, 15) is 14.4 Å². The zero-order valence-corrected chi connectivity index (χ0v) is 14.9. The van der Waals surface area contributed by atoms with Gasteiger partial charge in [-0.25, -0.2) is 0 Å². The third-order valence-corrected chi connectivity index (χ3v) is 4.79. The number of fused-ring (bicyclic) bond motifs is 1. The third kappa shape index (κ3) is 4.71. The van der Waals surface area contributed by atoms with E-state index in [4.69, 9.17) is 0 Å². The van der Waals surface area contributed by atoms with Gasteiger partial charge in [0.25, 0.3) is 0 Å². The van der Waals surface area contributed by atoms with Crippen LogP contribution in [0.3, 0.4) is 0 Å². The summed E-state index contributed by atoms with van der Waals surface area (Å²) in [7, 11) is 0. The number of rotatable bonds is 6. The molecule has 0 radical (unpaired) electrons. The number of hydrogen-bond acceptors (Lipinski definition) is 3. The minimum atomic E-state index is -0.220. The van der Waals surface area contributed by atoms with Crippen molar-refractivity contribution in [2.45, 2.75) is 44.9 Å². The fourth-order valence-corrected chi connectivity index (χ4v) is 3.39. The SMILES string of the molecule is O=C(CCC(=O)N1CC(=O)Nc2ccccc21)NCCC1=CCCCC1. The Morgan fingerprint density at radius 3 is 2.81 bits per heavy atom. The van der Waals surface area contributed by atoms with Gasteiger partial charge in [0.05, 0.1) is 11.4 Å². The standard InChI is InChI=1S/C20H25N3O3/c24-18(21-13-12-15-6-2-1-3-7-15)10-11-20(26)23-14-19(25)22-16-8-4-5-9-17(16)23/h4-6,8-9H,1-3,7,10-14H2,(H,21,24)(H,22,25). The first-order valence-electron chi connectivity index (χ1n) is 9.27. The molecule has 0 aromatic heterocycles. The van der Waals surface area contributed by atoms with E-state index in [1.807, 2.05) is 12.1 Å². The van der Waals surface area contributed by atoms with Crippen molar-refractivity contribution in [3.8, 4) is 0 Å². The van der Waals surface area contributed by atoms with Gasteiger partial charge in [0.1, 0.15) is 6.54 Å². The van der Waals surface area contributed by atoms with Crippen LogP contribution in [0, 0.1) is 0 Å². The summed E-state index contributed by atoms with van der Waals surface area (Å²) in [4.78, 5) is 37.7. The van der Waals surface area contributed by atoms with Gasteiger partial charge in [-0.05, 0) is 44.2 Å². The van der Waals surface area contributed by atoms with E-state index in [2.05, 4.69) is 16.7 Å². The van der Waals surface area contributed by atoms with Crippen molar-refractivity contribution < 1.29 is 14.4 Å². The first-order chi connectivity index (χ1) is 12.6. The van der Waals surface area contributed by atoms with E-state index in [0.29, 0.717) is 17.9 Å². The molecule has 3 rings (SSSR count). The topological polar surface area (TPSA) is 78.5 Å². The summed E-state index contributed by atoms with van der Waals surface area (Å²) in [6.07, 6.45) is 8.16. The van der Waals surface area contributed by atoms with E-state index in [-0.39, 0.29) is 37.1 Å². The van der Waals surface area contributed by atoms with E-state index in [1.54, 1.807) is 12.1 Å². The van der Waals surface area contributed by atoms with Crippen LogP contribution in [0.1, 0.15) is 44.9 Å². The molecule has 1 heterocycles. The molecule has 0 saturated carbocycles. The number of nitrogens with zero attached hydrogens (tertiary/aromatic N) is 1. The maximum atomic E-state index is 12.5. The van der Waals surface area contributed by atoms with Gasteiger partial charge in [-0.3, -0.25) is 14.4 Å². The fourth-order valence-electron chi connectivity index (χ4n) is 3.39. The molecule has 0 fully saturated rings. The van der Waals surface area contributed by atoms with Gasteiger partial charge in [0.2, 0.25) is 17.7 Å². The lowest BCUT2D eigenvalue weighted by atomic mass is 9.97. The molecule has 6 heteroatoms. The predicted octanol–water partition coefficient (Wildman–Crippen LogP) is 2.76. The normalized spacial score (nSPS) is 16.4. The number of carbonyl (C=O) groups is 3. The molecule has 1 aromatic carbocycles. The summed E-state index contributed by atoms with van der Waals surface area (Å²) in [6, 6.07) is 7.19. The molecule has 2 aliphatic rings. The van der Waals surface area contributed by atoms with Crippen molar-refractivity contribution in [1.82, 2.24) is 5.32 Å². The Bertz CT molecular complexity index is 727. The highest BCUT2D eigenvalue weighted by molar-refractivity contribution is 6.10. The molecule has 138 valence electrons. The monoisotopic (exact) mass is 355 g/mol. The van der Waals surface area contributed by atoms with Crippen LogP contribution in [0.5, 0.6) is 0 Å². The van der Waals surface area contributed by atoms with Crippen molar-refractivity contribution in [3.63, 3.8) is 0 Å². The van der Waals surface area contributed by atoms with Crippen LogP contribution < -0.4 is 15.5 Å². The van der Waals surface area contributed by atoms with Gasteiger partial charge >= 0.3 is 0 Å². The second kappa shape index (κ2) is 8.65. The number of anilines is 2. The molecular weight excluding hydrogens is 330 g/mol. The van der Waals surface area contributed by atoms with Crippen LogP contribution >= 0.6 is 0 Å². The van der Waals surface area contributed by atoms with Crippen molar-refractivity contribution in [2.24, 2.45) is 0 Å². The van der Waals surface area contributed by atoms with Gasteiger partial charge < -0.3 is 15.5 Å². The largest absolute Gasteiger partial charge is 0.356 e. The highest BCUT2D eigenvalue weighted by Crippen LogP contribution is 2.29. The maximum absolute atomic E-state index is 12.5. The van der Waals surface area contributed by atoms with E-state index >= 15 is 0 Å². The Morgan fingerprint density at radius 1 is 1.15 bits per heavy atom. The lowest BCUT2D eigenvalue weighted by molar-refractivity contribution is -0.125. The fraction of sp³-hybridized carbons (Fsp3) is 0.450. The summed E-state index contributed by atoms with van der Waals surface area (Å²) < 4.78 is 0. The summed E-state index contributed by atoms with van der Waals surface area (Å²) in [5, 5.41) is 5.64. The van der Waals surface area contributed by atoms with Crippen LogP contribution in [0.25, 0.3) is 0 Å². The minimum Gasteiger partial charge on any atom is -0.356 e. The van der Waals surface area contributed by atoms with Crippen molar-refractivity contribution in [2.75, 3.05) is 23.3 Å². The molecule has 3 amide bonds. The van der Waals surface area contributed by atoms with Crippen LogP contribution in [-0.2, 0) is 14.4 Å². The van der Waals surface area contributed by atoms with Crippen LogP contribution in [0.2, 0.25) is 0 Å². The lowest BCUT2D eigenvalue weighted by Gasteiger charge is -2.29. The van der Waals surface area contributed by atoms with Crippen molar-refractivity contribution in [3.05, 3.63) is 35.9 Å². The van der Waals surface area contributed by atoms with E-state index in [1.165, 1.54) is 23.3 Å². The average molecular weight is 355 g/mol. The number of benzene rings is 1. The summed E-state index contributed by atoms with van der Waals surface area (Å²) >= 11 is 0. The van der Waals surface area contributed by atoms with Gasteiger partial charge in [-0.2, -0.15) is 0 Å². The molecule has 0 saturated heterocycles. The van der Waals surface area contributed by atoms with E-state index < -0.39 is 0 Å². The smallest absolute Gasteiger partial charge is 0.244 e. The quantitative estimate of drug-likeness (QED) is 0.770. The first kappa shape index (κ1) is 18.2. The van der Waals surface area contributed by atoms with Crippen molar-refractivity contribution in [1.29, 1.82) is 0 Å². The Balaban J connectivity index is 1.45. The molecule has 6 nitrogen and oxygen atoms in total. The molecule has 2 N–H and O–H groups in total. The molecule has 0 spiro atoms. The van der Waals surface area contributed by atoms with Gasteiger partial charge in [0, 0.05) is 19.4 Å². The number of para-hydroxylation sites is 2. The highest BCUT2D eigenvalue weighted by Gasteiger charge is 2.26. The summed E-state index contributed by atoms with van der Waals surface area (Å²) in [6.45, 7) is 0.611. The molecule has 26 heavy (non-hydrogen) atoms. The van der Waals surface area contributed by atoms with Crippen molar-refractivity contribution >= 4 is 29.1 Å². The summed E-state index contributed by atoms with van der Waals surface area (Å²) in [5.74, 6) is -0.552. The lowest BCUT2D eigenvalue weighted by Crippen LogP contribution is -2.42. The molecular formula is C20H25N3O3. The Morgan fingerprint density at radius 2 is 2.00 bits per heavy atom. The first-order valence-corrected chi connectivity index (χ1v) is 9.27. The number of allylic oxidation sites excluding steroid dienone is 1. The Labute approximate surface area is 153 Å². The minimum absolute atomic E-state index is 0.00831. The Kier molecular flexibility index (Phi) is 6.04. The zero-order valence-electron chi connectivity index (χ0n) is 14.9. The third-order valence-electron chi connectivity index (χ3n) is 4.79. The van der Waals surface area contributed by atoms with Crippen LogP contribution in [-0.4, -0.2) is 30.8 Å². The zero-order chi connectivity index (χ0) is 18.4. The molecule has 1 aromatic rings. The number of hydrogen-bond donors (Lipinski definition) is 2. The van der Waals surface area contributed by atoms with E-state index in [0.717, 1.165) is 19.3 Å². The second-order valence-corrected chi connectivity index (χ2v) is 6.75. The molecule has 1 aliphatic heterocycles. The molecule has 1 aliphatic carbocycles. The average Bonchev–Trinajstić information content (AvgIpc) is 2.66. The van der Waals surface area contributed by atoms with Gasteiger partial charge in [0.15, 0.2) is 0 Å². The Hall–Kier alpha value is -2.63. The number of carbonyl (C=O) groups excluding carboxylic acids is 3. The van der Waals surface area contributed by atoms with Gasteiger partial charge in [-0.1, -0.05) is 23.8 Å². The molecule has 0 unspecified atom stereocenters.